The fourth-order valence-electron chi connectivity index (χ4n) is 2.09. The Morgan fingerprint density at radius 1 is 1.21 bits per heavy atom. The van der Waals surface area contributed by atoms with Crippen molar-refractivity contribution in [1.29, 1.82) is 0 Å². The standard InChI is InChI=1S/C16H15FN2O3S2/c1-19(2)24(20,21)13-6-7-15-14(9-13)18-16(22-15)23-10-11-4-3-5-12(17)8-11/h3-9H,10H2,1-2H3. The number of nitrogens with zero attached hydrogens (tertiary/aromatic N) is 2. The lowest BCUT2D eigenvalue weighted by Gasteiger charge is -2.10. The van der Waals surface area contributed by atoms with Gasteiger partial charge in [-0.1, -0.05) is 23.9 Å². The molecule has 24 heavy (non-hydrogen) atoms. The average Bonchev–Trinajstić information content (AvgIpc) is 2.94. The zero-order valence-electron chi connectivity index (χ0n) is 13.1. The van der Waals surface area contributed by atoms with Crippen molar-refractivity contribution < 1.29 is 17.2 Å². The maximum absolute atomic E-state index is 13.2. The minimum atomic E-state index is -3.52. The predicted octanol–water partition coefficient (Wildman–Crippen LogP) is 3.51. The third-order valence-corrected chi connectivity index (χ3v) is 6.08. The van der Waals surface area contributed by atoms with Crippen LogP contribution in [0.25, 0.3) is 11.1 Å². The van der Waals surface area contributed by atoms with Crippen LogP contribution in [0.1, 0.15) is 5.56 Å². The van der Waals surface area contributed by atoms with E-state index < -0.39 is 10.0 Å². The Balaban J connectivity index is 1.84. The van der Waals surface area contributed by atoms with Crippen molar-refractivity contribution in [2.75, 3.05) is 14.1 Å². The van der Waals surface area contributed by atoms with Crippen molar-refractivity contribution in [3.05, 3.63) is 53.8 Å². The molecule has 0 atom stereocenters. The highest BCUT2D eigenvalue weighted by atomic mass is 32.2. The molecule has 5 nitrogen and oxygen atoms in total. The second-order valence-electron chi connectivity index (χ2n) is 5.32. The van der Waals surface area contributed by atoms with Crippen LogP contribution in [0.2, 0.25) is 0 Å². The van der Waals surface area contributed by atoms with Crippen LogP contribution < -0.4 is 0 Å². The summed E-state index contributed by atoms with van der Waals surface area (Å²) in [4.78, 5) is 4.47. The number of thioether (sulfide) groups is 1. The highest BCUT2D eigenvalue weighted by molar-refractivity contribution is 7.98. The van der Waals surface area contributed by atoms with E-state index in [2.05, 4.69) is 4.98 Å². The van der Waals surface area contributed by atoms with E-state index in [1.165, 1.54) is 50.1 Å². The van der Waals surface area contributed by atoms with Gasteiger partial charge in [0.15, 0.2) is 5.58 Å². The summed E-state index contributed by atoms with van der Waals surface area (Å²) in [6.45, 7) is 0. The quantitative estimate of drug-likeness (QED) is 0.647. The topological polar surface area (TPSA) is 63.4 Å². The van der Waals surface area contributed by atoms with E-state index in [0.717, 1.165) is 9.87 Å². The van der Waals surface area contributed by atoms with Gasteiger partial charge < -0.3 is 4.42 Å². The number of hydrogen-bond donors (Lipinski definition) is 0. The number of aromatic nitrogens is 1. The van der Waals surface area contributed by atoms with Crippen molar-refractivity contribution in [2.45, 2.75) is 15.9 Å². The Hall–Kier alpha value is -1.90. The molecule has 8 heteroatoms. The molecule has 3 aromatic rings. The van der Waals surface area contributed by atoms with Crippen molar-refractivity contribution in [2.24, 2.45) is 0 Å². The maximum Gasteiger partial charge on any atom is 0.257 e. The van der Waals surface area contributed by atoms with Gasteiger partial charge in [-0.25, -0.2) is 22.1 Å². The second kappa shape index (κ2) is 6.54. The Morgan fingerprint density at radius 3 is 2.71 bits per heavy atom. The predicted molar refractivity (Wildman–Crippen MR) is 90.8 cm³/mol. The van der Waals surface area contributed by atoms with E-state index in [0.29, 0.717) is 22.1 Å². The van der Waals surface area contributed by atoms with Gasteiger partial charge in [0.1, 0.15) is 11.3 Å². The van der Waals surface area contributed by atoms with Gasteiger partial charge in [0.25, 0.3) is 5.22 Å². The van der Waals surface area contributed by atoms with E-state index in [9.17, 15) is 12.8 Å². The molecule has 0 aliphatic rings. The molecule has 3 rings (SSSR count). The first-order valence-corrected chi connectivity index (χ1v) is 9.49. The zero-order chi connectivity index (χ0) is 17.3. The van der Waals surface area contributed by atoms with Gasteiger partial charge in [-0.05, 0) is 35.9 Å². The van der Waals surface area contributed by atoms with Gasteiger partial charge in [-0.3, -0.25) is 0 Å². The van der Waals surface area contributed by atoms with Crippen LogP contribution in [0.3, 0.4) is 0 Å². The minimum Gasteiger partial charge on any atom is -0.431 e. The zero-order valence-corrected chi connectivity index (χ0v) is 14.7. The summed E-state index contributed by atoms with van der Waals surface area (Å²) in [6, 6.07) is 10.9. The first-order valence-electron chi connectivity index (χ1n) is 7.06. The van der Waals surface area contributed by atoms with Crippen LogP contribution in [0.5, 0.6) is 0 Å². The average molecular weight is 366 g/mol. The minimum absolute atomic E-state index is 0.162. The fraction of sp³-hybridized carbons (Fsp3) is 0.188. The number of fused-ring (bicyclic) bond motifs is 1. The lowest BCUT2D eigenvalue weighted by Crippen LogP contribution is -2.22. The molecule has 0 unspecified atom stereocenters. The highest BCUT2D eigenvalue weighted by Gasteiger charge is 2.19. The van der Waals surface area contributed by atoms with Crippen LogP contribution in [-0.4, -0.2) is 31.8 Å². The third kappa shape index (κ3) is 3.45. The number of hydrogen-bond acceptors (Lipinski definition) is 5. The fourth-order valence-corrected chi connectivity index (χ4v) is 3.79. The lowest BCUT2D eigenvalue weighted by atomic mass is 10.2. The first-order chi connectivity index (χ1) is 11.4. The lowest BCUT2D eigenvalue weighted by molar-refractivity contribution is 0.489. The summed E-state index contributed by atoms with van der Waals surface area (Å²) < 4.78 is 44.2. The number of benzene rings is 2. The maximum atomic E-state index is 13.2. The molecule has 0 bridgehead atoms. The van der Waals surface area contributed by atoms with Crippen molar-refractivity contribution in [1.82, 2.24) is 9.29 Å². The van der Waals surface area contributed by atoms with Gasteiger partial charge in [0.2, 0.25) is 10.0 Å². The molecule has 0 spiro atoms. The third-order valence-electron chi connectivity index (χ3n) is 3.37. The molecule has 0 amide bonds. The molecule has 0 radical (unpaired) electrons. The second-order valence-corrected chi connectivity index (χ2v) is 8.39. The Kier molecular flexibility index (Phi) is 4.62. The molecule has 0 saturated heterocycles. The van der Waals surface area contributed by atoms with E-state index in [1.807, 2.05) is 6.07 Å². The van der Waals surface area contributed by atoms with Crippen LogP contribution >= 0.6 is 11.8 Å². The smallest absolute Gasteiger partial charge is 0.257 e. The van der Waals surface area contributed by atoms with E-state index >= 15 is 0 Å². The Morgan fingerprint density at radius 2 is 2.00 bits per heavy atom. The van der Waals surface area contributed by atoms with Crippen LogP contribution in [0, 0.1) is 5.82 Å². The Bertz CT molecular complexity index is 984. The molecule has 0 aliphatic carbocycles. The van der Waals surface area contributed by atoms with Gasteiger partial charge >= 0.3 is 0 Å². The molecule has 2 aromatic carbocycles. The van der Waals surface area contributed by atoms with Crippen molar-refractivity contribution in [3.63, 3.8) is 0 Å². The highest BCUT2D eigenvalue weighted by Crippen LogP contribution is 2.28. The Labute approximate surface area is 143 Å². The molecule has 1 heterocycles. The molecular formula is C16H15FN2O3S2. The molecule has 0 saturated carbocycles. The number of rotatable bonds is 5. The summed E-state index contributed by atoms with van der Waals surface area (Å²) in [5.41, 5.74) is 1.80. The van der Waals surface area contributed by atoms with Crippen molar-refractivity contribution >= 4 is 32.9 Å². The number of oxazole rings is 1. The van der Waals surface area contributed by atoms with E-state index in [-0.39, 0.29) is 10.7 Å². The van der Waals surface area contributed by atoms with Gasteiger partial charge in [-0.15, -0.1) is 0 Å². The van der Waals surface area contributed by atoms with Gasteiger partial charge in [0, 0.05) is 19.8 Å². The molecular weight excluding hydrogens is 351 g/mol. The molecule has 0 fully saturated rings. The monoisotopic (exact) mass is 366 g/mol. The first kappa shape index (κ1) is 16.9. The van der Waals surface area contributed by atoms with Crippen LogP contribution in [0.4, 0.5) is 4.39 Å². The summed E-state index contributed by atoms with van der Waals surface area (Å²) >= 11 is 1.32. The number of halogens is 1. The van der Waals surface area contributed by atoms with Gasteiger partial charge in [-0.2, -0.15) is 0 Å². The van der Waals surface area contributed by atoms with Crippen molar-refractivity contribution in [3.8, 4) is 0 Å². The molecule has 1 aromatic heterocycles. The number of sulfonamides is 1. The normalized spacial score (nSPS) is 12.2. The summed E-state index contributed by atoms with van der Waals surface area (Å²) in [7, 11) is -0.566. The van der Waals surface area contributed by atoms with Crippen LogP contribution in [-0.2, 0) is 15.8 Å². The van der Waals surface area contributed by atoms with Crippen LogP contribution in [0.15, 0.2) is 57.0 Å². The molecule has 0 N–H and O–H groups in total. The molecule has 0 aliphatic heterocycles. The largest absolute Gasteiger partial charge is 0.431 e. The van der Waals surface area contributed by atoms with E-state index in [1.54, 1.807) is 12.1 Å². The summed E-state index contributed by atoms with van der Waals surface area (Å²) in [5, 5.41) is 0.411. The van der Waals surface area contributed by atoms with E-state index in [4.69, 9.17) is 4.42 Å². The summed E-state index contributed by atoms with van der Waals surface area (Å²) in [6.07, 6.45) is 0. The van der Waals surface area contributed by atoms with Gasteiger partial charge in [0.05, 0.1) is 4.90 Å². The summed E-state index contributed by atoms with van der Waals surface area (Å²) in [5.74, 6) is 0.220. The SMILES string of the molecule is CN(C)S(=O)(=O)c1ccc2oc(SCc3cccc(F)c3)nc2c1. The molecule has 126 valence electrons.